The molecule has 0 atom stereocenters. The molecule has 1 aromatic heterocycles. The molecule has 0 unspecified atom stereocenters. The zero-order valence-electron chi connectivity index (χ0n) is 26.2. The molecule has 6 rings (SSSR count). The van der Waals surface area contributed by atoms with E-state index in [1.807, 2.05) is 29.2 Å². The molecule has 45 heavy (non-hydrogen) atoms. The number of rotatable bonds is 7. The van der Waals surface area contributed by atoms with E-state index in [9.17, 15) is 9.59 Å². The van der Waals surface area contributed by atoms with Crippen LogP contribution in [0.2, 0.25) is 0 Å². The largest absolute Gasteiger partial charge is 0.378 e. The van der Waals surface area contributed by atoms with Crippen LogP contribution < -0.4 is 20.4 Å². The van der Waals surface area contributed by atoms with E-state index < -0.39 is 0 Å². The predicted molar refractivity (Wildman–Crippen MR) is 176 cm³/mol. The number of hydrogen-bond acceptors (Lipinski definition) is 9. The molecule has 0 radical (unpaired) electrons. The van der Waals surface area contributed by atoms with Crippen molar-refractivity contribution in [2.45, 2.75) is 39.2 Å². The number of piperazine rings is 1. The molecule has 3 amide bonds. The Bertz CT molecular complexity index is 1410. The van der Waals surface area contributed by atoms with Gasteiger partial charge in [0.25, 0.3) is 5.91 Å². The Morgan fingerprint density at radius 2 is 1.24 bits per heavy atom. The molecule has 0 bridgehead atoms. The molecule has 3 fully saturated rings. The molecule has 2 N–H and O–H groups in total. The monoisotopic (exact) mass is 613 g/mol. The number of amides is 3. The zero-order valence-corrected chi connectivity index (χ0v) is 26.2. The number of piperidine rings is 1. The van der Waals surface area contributed by atoms with Crippen molar-refractivity contribution < 1.29 is 14.3 Å². The number of morpholine rings is 1. The van der Waals surface area contributed by atoms with Crippen molar-refractivity contribution in [3.8, 4) is 11.4 Å². The van der Waals surface area contributed by atoms with Gasteiger partial charge in [0.1, 0.15) is 0 Å². The van der Waals surface area contributed by atoms with Gasteiger partial charge in [0, 0.05) is 80.9 Å². The number of ether oxygens (including phenoxy) is 1. The zero-order chi connectivity index (χ0) is 31.2. The van der Waals surface area contributed by atoms with Crippen LogP contribution in [0, 0.1) is 0 Å². The first-order valence-electron chi connectivity index (χ1n) is 16.1. The number of aromatic nitrogens is 3. The van der Waals surface area contributed by atoms with Gasteiger partial charge in [-0.3, -0.25) is 9.69 Å². The summed E-state index contributed by atoms with van der Waals surface area (Å²) >= 11 is 0. The molecule has 3 aliphatic rings. The van der Waals surface area contributed by atoms with E-state index in [0.717, 1.165) is 70.8 Å². The molecule has 3 aliphatic heterocycles. The van der Waals surface area contributed by atoms with E-state index in [1.54, 1.807) is 24.3 Å². The van der Waals surface area contributed by atoms with Crippen LogP contribution in [0.3, 0.4) is 0 Å². The second-order valence-electron chi connectivity index (χ2n) is 12.1. The molecule has 0 spiro atoms. The highest BCUT2D eigenvalue weighted by Crippen LogP contribution is 2.25. The third kappa shape index (κ3) is 7.69. The van der Waals surface area contributed by atoms with E-state index in [0.29, 0.717) is 53.9 Å². The molecule has 0 saturated carbocycles. The molecular formula is C33H43N9O3. The summed E-state index contributed by atoms with van der Waals surface area (Å²) in [5.41, 5.74) is 2.72. The highest BCUT2D eigenvalue weighted by Gasteiger charge is 2.24. The first-order chi connectivity index (χ1) is 21.9. The number of carbonyl (C=O) groups excluding carboxylic acids is 2. The number of carbonyl (C=O) groups is 2. The van der Waals surface area contributed by atoms with E-state index in [2.05, 4.69) is 39.2 Å². The minimum absolute atomic E-state index is 0.0211. The summed E-state index contributed by atoms with van der Waals surface area (Å²) in [5.74, 6) is 2.02. The van der Waals surface area contributed by atoms with Crippen LogP contribution in [0.4, 0.5) is 28.1 Å². The summed E-state index contributed by atoms with van der Waals surface area (Å²) < 4.78 is 5.53. The van der Waals surface area contributed by atoms with Crippen LogP contribution in [0.1, 0.15) is 43.5 Å². The van der Waals surface area contributed by atoms with Crippen LogP contribution in [0.15, 0.2) is 48.5 Å². The maximum atomic E-state index is 13.0. The third-order valence-electron chi connectivity index (χ3n) is 8.67. The maximum absolute atomic E-state index is 13.0. The van der Waals surface area contributed by atoms with Crippen LogP contribution in [-0.4, -0.2) is 108 Å². The minimum atomic E-state index is -0.367. The van der Waals surface area contributed by atoms with Gasteiger partial charge in [-0.25, -0.2) is 4.79 Å². The SMILES string of the molecule is CC(C)N1CCN(C(=O)c2ccc(NC(=O)Nc3ccc(-c4nc(N5CCCCC5)nc(N5CCOCC5)n4)cc3)cc2)CC1. The minimum Gasteiger partial charge on any atom is -0.378 e. The normalized spacial score (nSPS) is 17.8. The van der Waals surface area contributed by atoms with Crippen molar-refractivity contribution in [1.82, 2.24) is 24.8 Å². The Morgan fingerprint density at radius 3 is 1.82 bits per heavy atom. The Hall–Kier alpha value is -4.29. The second-order valence-corrected chi connectivity index (χ2v) is 12.1. The van der Waals surface area contributed by atoms with Crippen LogP contribution in [0.5, 0.6) is 0 Å². The second kappa shape index (κ2) is 14.2. The lowest BCUT2D eigenvalue weighted by Gasteiger charge is -2.37. The van der Waals surface area contributed by atoms with E-state index in [-0.39, 0.29) is 11.9 Å². The fourth-order valence-electron chi connectivity index (χ4n) is 5.94. The van der Waals surface area contributed by atoms with Gasteiger partial charge in [-0.1, -0.05) is 0 Å². The van der Waals surface area contributed by atoms with Crippen LogP contribution in [0.25, 0.3) is 11.4 Å². The standard InChI is InChI=1S/C33H43N9O3/c1-24(2)39-16-18-40(19-17-39)30(43)26-8-12-28(13-9-26)35-33(44)34-27-10-6-25(7-11-27)29-36-31(41-14-4-3-5-15-41)38-32(37-29)42-20-22-45-23-21-42/h6-13,24H,3-5,14-23H2,1-2H3,(H2,34,35,44). The molecule has 4 heterocycles. The Labute approximate surface area is 264 Å². The first kappa shape index (κ1) is 30.7. The molecule has 3 aromatic rings. The number of hydrogen-bond donors (Lipinski definition) is 2. The molecular weight excluding hydrogens is 570 g/mol. The molecule has 238 valence electrons. The molecule has 3 saturated heterocycles. The summed E-state index contributed by atoms with van der Waals surface area (Å²) in [6, 6.07) is 14.7. The van der Waals surface area contributed by atoms with Crippen molar-refractivity contribution >= 4 is 35.2 Å². The number of anilines is 4. The van der Waals surface area contributed by atoms with Crippen molar-refractivity contribution in [3.63, 3.8) is 0 Å². The van der Waals surface area contributed by atoms with E-state index in [4.69, 9.17) is 19.7 Å². The summed E-state index contributed by atoms with van der Waals surface area (Å²) in [7, 11) is 0. The van der Waals surface area contributed by atoms with Crippen molar-refractivity contribution in [1.29, 1.82) is 0 Å². The van der Waals surface area contributed by atoms with Crippen LogP contribution in [-0.2, 0) is 4.74 Å². The van der Waals surface area contributed by atoms with E-state index >= 15 is 0 Å². The maximum Gasteiger partial charge on any atom is 0.323 e. The van der Waals surface area contributed by atoms with Gasteiger partial charge in [-0.05, 0) is 81.6 Å². The third-order valence-corrected chi connectivity index (χ3v) is 8.67. The summed E-state index contributed by atoms with van der Waals surface area (Å²) in [6.45, 7) is 12.3. The van der Waals surface area contributed by atoms with Gasteiger partial charge in [0.2, 0.25) is 11.9 Å². The van der Waals surface area contributed by atoms with Gasteiger partial charge >= 0.3 is 6.03 Å². The average Bonchev–Trinajstić information content (AvgIpc) is 3.09. The lowest BCUT2D eigenvalue weighted by atomic mass is 10.1. The van der Waals surface area contributed by atoms with Gasteiger partial charge in [0.05, 0.1) is 13.2 Å². The Morgan fingerprint density at radius 1 is 0.689 bits per heavy atom. The Kier molecular flexibility index (Phi) is 9.70. The summed E-state index contributed by atoms with van der Waals surface area (Å²) in [4.78, 5) is 48.9. The smallest absolute Gasteiger partial charge is 0.323 e. The Balaban J connectivity index is 1.07. The van der Waals surface area contributed by atoms with Crippen LogP contribution >= 0.6 is 0 Å². The van der Waals surface area contributed by atoms with Gasteiger partial charge in [-0.2, -0.15) is 15.0 Å². The van der Waals surface area contributed by atoms with E-state index in [1.165, 1.54) is 6.42 Å². The highest BCUT2D eigenvalue weighted by atomic mass is 16.5. The van der Waals surface area contributed by atoms with Gasteiger partial charge in [0.15, 0.2) is 5.82 Å². The van der Waals surface area contributed by atoms with Crippen molar-refractivity contribution in [2.75, 3.05) is 86.0 Å². The average molecular weight is 614 g/mol. The van der Waals surface area contributed by atoms with Gasteiger partial charge in [-0.15, -0.1) is 0 Å². The fourth-order valence-corrected chi connectivity index (χ4v) is 5.94. The first-order valence-corrected chi connectivity index (χ1v) is 16.1. The highest BCUT2D eigenvalue weighted by molar-refractivity contribution is 6.00. The summed E-state index contributed by atoms with van der Waals surface area (Å²) in [6.07, 6.45) is 3.50. The lowest BCUT2D eigenvalue weighted by Crippen LogP contribution is -2.50. The molecule has 12 nitrogen and oxygen atoms in total. The van der Waals surface area contributed by atoms with Crippen molar-refractivity contribution in [3.05, 3.63) is 54.1 Å². The number of urea groups is 1. The van der Waals surface area contributed by atoms with Crippen molar-refractivity contribution in [2.24, 2.45) is 0 Å². The molecule has 0 aliphatic carbocycles. The van der Waals surface area contributed by atoms with Gasteiger partial charge < -0.3 is 30.1 Å². The number of benzene rings is 2. The predicted octanol–water partition coefficient (Wildman–Crippen LogP) is 4.18. The molecule has 2 aromatic carbocycles. The summed E-state index contributed by atoms with van der Waals surface area (Å²) in [5, 5.41) is 5.74. The number of nitrogens with one attached hydrogen (secondary N) is 2. The topological polar surface area (TPSA) is 119 Å². The molecule has 12 heteroatoms. The quantitative estimate of drug-likeness (QED) is 0.405. The lowest BCUT2D eigenvalue weighted by molar-refractivity contribution is 0.0595. The fraction of sp³-hybridized carbons (Fsp3) is 0.485. The number of nitrogens with zero attached hydrogens (tertiary/aromatic N) is 7.